The van der Waals surface area contributed by atoms with Crippen molar-refractivity contribution >= 4 is 28.8 Å². The molecule has 0 spiro atoms. The van der Waals surface area contributed by atoms with Crippen molar-refractivity contribution in [2.24, 2.45) is 0 Å². The molecule has 1 fully saturated rings. The van der Waals surface area contributed by atoms with Crippen LogP contribution in [0.1, 0.15) is 18.4 Å². The van der Waals surface area contributed by atoms with Gasteiger partial charge in [0.2, 0.25) is 5.91 Å². The van der Waals surface area contributed by atoms with Crippen LogP contribution in [0, 0.1) is 0 Å². The molecule has 2 aliphatic rings. The van der Waals surface area contributed by atoms with Crippen LogP contribution < -0.4 is 10.1 Å². The summed E-state index contributed by atoms with van der Waals surface area (Å²) in [5.74, 6) is 0.698. The Morgan fingerprint density at radius 2 is 2.29 bits per heavy atom. The summed E-state index contributed by atoms with van der Waals surface area (Å²) in [6.45, 7) is 1.14. The van der Waals surface area contributed by atoms with Crippen molar-refractivity contribution in [3.05, 3.63) is 39.5 Å². The third-order valence-electron chi connectivity index (χ3n) is 4.43. The van der Waals surface area contributed by atoms with E-state index in [4.69, 9.17) is 21.1 Å². The van der Waals surface area contributed by atoms with Gasteiger partial charge in [-0.3, -0.25) is 4.79 Å². The van der Waals surface area contributed by atoms with Crippen LogP contribution in [0.5, 0.6) is 5.75 Å². The Kier molecular flexibility index (Phi) is 4.48. The van der Waals surface area contributed by atoms with Gasteiger partial charge in [0.15, 0.2) is 0 Å². The highest BCUT2D eigenvalue weighted by Crippen LogP contribution is 2.39. The molecule has 126 valence electrons. The Morgan fingerprint density at radius 3 is 3.04 bits per heavy atom. The first-order chi connectivity index (χ1) is 11.7. The molecule has 0 radical (unpaired) electrons. The maximum atomic E-state index is 12.0. The van der Waals surface area contributed by atoms with Gasteiger partial charge in [-0.15, -0.1) is 0 Å². The number of ether oxygens (including phenoxy) is 2. The summed E-state index contributed by atoms with van der Waals surface area (Å²) in [5.41, 5.74) is 3.37. The van der Waals surface area contributed by atoms with Gasteiger partial charge in [0.25, 0.3) is 0 Å². The fraction of sp³-hybridized carbons (Fsp3) is 0.389. The molecule has 1 aromatic heterocycles. The van der Waals surface area contributed by atoms with Crippen LogP contribution in [0.15, 0.2) is 29.0 Å². The maximum absolute atomic E-state index is 12.0. The third-order valence-corrected chi connectivity index (χ3v) is 5.40. The minimum Gasteiger partial charge on any atom is -0.486 e. The normalized spacial score (nSPS) is 22.2. The average Bonchev–Trinajstić information content (AvgIpc) is 3.32. The van der Waals surface area contributed by atoms with Gasteiger partial charge in [-0.1, -0.05) is 11.6 Å². The van der Waals surface area contributed by atoms with E-state index in [-0.39, 0.29) is 18.1 Å². The van der Waals surface area contributed by atoms with Gasteiger partial charge in [-0.05, 0) is 52.9 Å². The molecule has 3 heterocycles. The monoisotopic (exact) mass is 363 g/mol. The van der Waals surface area contributed by atoms with Crippen molar-refractivity contribution in [2.75, 3.05) is 13.2 Å². The smallest absolute Gasteiger partial charge is 0.249 e. The molecule has 0 saturated carbocycles. The number of thiophene rings is 1. The van der Waals surface area contributed by atoms with E-state index in [9.17, 15) is 4.79 Å². The van der Waals surface area contributed by atoms with Gasteiger partial charge in [0.05, 0.1) is 11.6 Å². The lowest BCUT2D eigenvalue weighted by Gasteiger charge is -2.14. The number of carbonyl (C=O) groups excluding carboxylic acids is 1. The minimum absolute atomic E-state index is 0.0443. The molecule has 1 amide bonds. The summed E-state index contributed by atoms with van der Waals surface area (Å²) >= 11 is 8.06. The lowest BCUT2D eigenvalue weighted by molar-refractivity contribution is -0.130. The second-order valence-corrected chi connectivity index (χ2v) is 7.34. The summed E-state index contributed by atoms with van der Waals surface area (Å²) in [5, 5.41) is 7.72. The number of halogens is 1. The Morgan fingerprint density at radius 1 is 1.38 bits per heavy atom. The number of rotatable bonds is 4. The van der Waals surface area contributed by atoms with Crippen LogP contribution in [0.2, 0.25) is 5.02 Å². The molecule has 1 N–H and O–H groups in total. The highest BCUT2D eigenvalue weighted by molar-refractivity contribution is 7.08. The fourth-order valence-electron chi connectivity index (χ4n) is 3.21. The molecule has 2 aromatic rings. The number of hydrogen-bond acceptors (Lipinski definition) is 4. The molecule has 0 aliphatic carbocycles. The lowest BCUT2D eigenvalue weighted by Crippen LogP contribution is -2.40. The van der Waals surface area contributed by atoms with Crippen LogP contribution >= 0.6 is 22.9 Å². The fourth-order valence-corrected chi connectivity index (χ4v) is 4.16. The van der Waals surface area contributed by atoms with E-state index in [1.165, 1.54) is 5.56 Å². The molecule has 0 bridgehead atoms. The highest BCUT2D eigenvalue weighted by Gasteiger charge is 2.28. The topological polar surface area (TPSA) is 47.6 Å². The van der Waals surface area contributed by atoms with E-state index < -0.39 is 0 Å². The standard InChI is InChI=1S/C18H18ClNO3S/c19-15-8-12(11-3-5-24-10-11)6-13-7-14(23-17(13)15)9-20-18(21)16-2-1-4-22-16/h3,5-6,8,10,14,16H,1-2,4,7,9H2,(H,20,21). The van der Waals surface area contributed by atoms with Gasteiger partial charge in [0, 0.05) is 18.6 Å². The van der Waals surface area contributed by atoms with Crippen LogP contribution in [0.4, 0.5) is 0 Å². The molecule has 2 aliphatic heterocycles. The first-order valence-corrected chi connectivity index (χ1v) is 9.44. The Bertz CT molecular complexity index is 741. The van der Waals surface area contributed by atoms with Crippen LogP contribution in [0.3, 0.4) is 0 Å². The highest BCUT2D eigenvalue weighted by atomic mass is 35.5. The zero-order valence-electron chi connectivity index (χ0n) is 13.1. The van der Waals surface area contributed by atoms with Gasteiger partial charge in [0.1, 0.15) is 18.0 Å². The first kappa shape index (κ1) is 15.9. The minimum atomic E-state index is -0.303. The SMILES string of the molecule is O=C(NCC1Cc2cc(-c3ccsc3)cc(Cl)c2O1)C1CCCO1. The first-order valence-electron chi connectivity index (χ1n) is 8.11. The summed E-state index contributed by atoms with van der Waals surface area (Å²) in [6, 6.07) is 6.15. The summed E-state index contributed by atoms with van der Waals surface area (Å²) in [4.78, 5) is 12.0. The molecule has 4 nitrogen and oxygen atoms in total. The summed E-state index contributed by atoms with van der Waals surface area (Å²) in [6.07, 6.45) is 2.11. The van der Waals surface area contributed by atoms with Crippen LogP contribution in [0.25, 0.3) is 11.1 Å². The van der Waals surface area contributed by atoms with Crippen molar-refractivity contribution in [2.45, 2.75) is 31.5 Å². The van der Waals surface area contributed by atoms with Gasteiger partial charge in [-0.25, -0.2) is 0 Å². The van der Waals surface area contributed by atoms with E-state index >= 15 is 0 Å². The molecule has 2 unspecified atom stereocenters. The predicted octanol–water partition coefficient (Wildman–Crippen LogP) is 3.67. The van der Waals surface area contributed by atoms with E-state index in [1.807, 2.05) is 6.07 Å². The number of hydrogen-bond donors (Lipinski definition) is 1. The van der Waals surface area contributed by atoms with E-state index in [0.29, 0.717) is 18.2 Å². The van der Waals surface area contributed by atoms with Crippen molar-refractivity contribution in [3.8, 4) is 16.9 Å². The molecule has 1 aromatic carbocycles. The summed E-state index contributed by atoms with van der Waals surface area (Å²) < 4.78 is 11.3. The van der Waals surface area contributed by atoms with Gasteiger partial charge < -0.3 is 14.8 Å². The largest absolute Gasteiger partial charge is 0.486 e. The second kappa shape index (κ2) is 6.75. The molecule has 2 atom stereocenters. The van der Waals surface area contributed by atoms with Crippen molar-refractivity contribution < 1.29 is 14.3 Å². The Hall–Kier alpha value is -1.56. The zero-order chi connectivity index (χ0) is 16.5. The van der Waals surface area contributed by atoms with Gasteiger partial charge >= 0.3 is 0 Å². The van der Waals surface area contributed by atoms with E-state index in [0.717, 1.165) is 36.1 Å². The molecule has 6 heteroatoms. The molecule has 24 heavy (non-hydrogen) atoms. The molecular weight excluding hydrogens is 346 g/mol. The van der Waals surface area contributed by atoms with Crippen LogP contribution in [-0.4, -0.2) is 31.3 Å². The summed E-state index contributed by atoms with van der Waals surface area (Å²) in [7, 11) is 0. The van der Waals surface area contributed by atoms with Crippen molar-refractivity contribution in [3.63, 3.8) is 0 Å². The average molecular weight is 364 g/mol. The lowest BCUT2D eigenvalue weighted by atomic mass is 10.0. The third kappa shape index (κ3) is 3.16. The van der Waals surface area contributed by atoms with Crippen LogP contribution in [-0.2, 0) is 16.0 Å². The molecule has 4 rings (SSSR count). The quantitative estimate of drug-likeness (QED) is 0.901. The van der Waals surface area contributed by atoms with Crippen molar-refractivity contribution in [1.29, 1.82) is 0 Å². The van der Waals surface area contributed by atoms with E-state index in [1.54, 1.807) is 11.3 Å². The number of nitrogens with one attached hydrogen (secondary N) is 1. The molecular formula is C18H18ClNO3S. The molecule has 1 saturated heterocycles. The number of fused-ring (bicyclic) bond motifs is 1. The maximum Gasteiger partial charge on any atom is 0.249 e. The van der Waals surface area contributed by atoms with Crippen molar-refractivity contribution in [1.82, 2.24) is 5.32 Å². The second-order valence-electron chi connectivity index (χ2n) is 6.15. The Balaban J connectivity index is 1.42. The number of amides is 1. The zero-order valence-corrected chi connectivity index (χ0v) is 14.7. The Labute approximate surface area is 149 Å². The van der Waals surface area contributed by atoms with Gasteiger partial charge in [-0.2, -0.15) is 11.3 Å². The number of carbonyl (C=O) groups is 1. The predicted molar refractivity (Wildman–Crippen MR) is 94.9 cm³/mol. The van der Waals surface area contributed by atoms with E-state index in [2.05, 4.69) is 28.2 Å². The number of benzene rings is 1.